The van der Waals surface area contributed by atoms with E-state index in [0.717, 1.165) is 39.4 Å². The molecule has 5 aromatic carbocycles. The van der Waals surface area contributed by atoms with Gasteiger partial charge in [-0.05, 0) is 51.9 Å². The molecule has 0 aliphatic rings. The van der Waals surface area contributed by atoms with Gasteiger partial charge >= 0.3 is 0 Å². The summed E-state index contributed by atoms with van der Waals surface area (Å²) in [5.74, 6) is 0.496. The lowest BCUT2D eigenvalue weighted by molar-refractivity contribution is 1.26. The van der Waals surface area contributed by atoms with E-state index in [-0.39, 0.29) is 0 Å². The summed E-state index contributed by atoms with van der Waals surface area (Å²) in [7, 11) is 0. The molecular formula is C34H27ClN2. The van der Waals surface area contributed by atoms with E-state index >= 15 is 0 Å². The van der Waals surface area contributed by atoms with Gasteiger partial charge in [0.05, 0.1) is 5.70 Å². The number of halogens is 1. The molecule has 0 aliphatic heterocycles. The highest BCUT2D eigenvalue weighted by molar-refractivity contribution is 6.30. The molecule has 5 rings (SSSR count). The SMILES string of the molecule is NC(=N/C(=C\Cc1ccc(-c2cccc(Cl)c2)cc1)c1ccc(-c2ccccc2)cc1)c1ccccc1. The lowest BCUT2D eigenvalue weighted by atomic mass is 10.0. The summed E-state index contributed by atoms with van der Waals surface area (Å²) in [4.78, 5) is 4.85. The number of nitrogens with zero attached hydrogens (tertiary/aromatic N) is 1. The molecule has 0 saturated heterocycles. The van der Waals surface area contributed by atoms with Gasteiger partial charge in [0.25, 0.3) is 0 Å². The van der Waals surface area contributed by atoms with E-state index in [1.165, 1.54) is 16.7 Å². The first-order chi connectivity index (χ1) is 18.2. The van der Waals surface area contributed by atoms with Crippen LogP contribution in [-0.2, 0) is 6.42 Å². The Hall–Kier alpha value is -4.40. The van der Waals surface area contributed by atoms with Gasteiger partial charge in [0.2, 0.25) is 0 Å². The van der Waals surface area contributed by atoms with Crippen LogP contribution in [0.15, 0.2) is 145 Å². The van der Waals surface area contributed by atoms with Crippen LogP contribution in [0.25, 0.3) is 28.0 Å². The Morgan fingerprint density at radius 2 is 1.16 bits per heavy atom. The minimum absolute atomic E-state index is 0.496. The van der Waals surface area contributed by atoms with Gasteiger partial charge in [-0.25, -0.2) is 4.99 Å². The Balaban J connectivity index is 1.44. The normalized spacial score (nSPS) is 11.9. The fraction of sp³-hybridized carbons (Fsp3) is 0.0294. The van der Waals surface area contributed by atoms with E-state index < -0.39 is 0 Å². The molecule has 0 unspecified atom stereocenters. The smallest absolute Gasteiger partial charge is 0.131 e. The van der Waals surface area contributed by atoms with Crippen molar-refractivity contribution < 1.29 is 0 Å². The monoisotopic (exact) mass is 498 g/mol. The van der Waals surface area contributed by atoms with Gasteiger partial charge < -0.3 is 5.73 Å². The molecule has 0 amide bonds. The molecule has 2 nitrogen and oxygen atoms in total. The van der Waals surface area contributed by atoms with Gasteiger partial charge in [-0.2, -0.15) is 0 Å². The summed E-state index contributed by atoms with van der Waals surface area (Å²) < 4.78 is 0. The molecule has 0 aromatic heterocycles. The number of amidine groups is 1. The van der Waals surface area contributed by atoms with E-state index in [9.17, 15) is 0 Å². The van der Waals surface area contributed by atoms with Crippen LogP contribution in [0.2, 0.25) is 5.02 Å². The van der Waals surface area contributed by atoms with Gasteiger partial charge in [0.15, 0.2) is 0 Å². The van der Waals surface area contributed by atoms with Gasteiger partial charge in [-0.1, -0.05) is 139 Å². The Morgan fingerprint density at radius 3 is 1.84 bits per heavy atom. The van der Waals surface area contributed by atoms with Crippen molar-refractivity contribution in [3.63, 3.8) is 0 Å². The molecular weight excluding hydrogens is 472 g/mol. The van der Waals surface area contributed by atoms with Gasteiger partial charge in [-0.3, -0.25) is 0 Å². The van der Waals surface area contributed by atoms with Gasteiger partial charge in [-0.15, -0.1) is 0 Å². The molecule has 0 saturated carbocycles. The summed E-state index contributed by atoms with van der Waals surface area (Å²) in [5, 5.41) is 0.737. The molecule has 0 fully saturated rings. The molecule has 5 aromatic rings. The summed E-state index contributed by atoms with van der Waals surface area (Å²) in [6, 6.07) is 45.2. The van der Waals surface area contributed by atoms with Crippen LogP contribution in [0, 0.1) is 0 Å². The van der Waals surface area contributed by atoms with Crippen molar-refractivity contribution in [2.45, 2.75) is 6.42 Å². The number of aliphatic imine (C=N–C) groups is 1. The second-order valence-corrected chi connectivity index (χ2v) is 9.24. The van der Waals surface area contributed by atoms with Crippen molar-refractivity contribution >= 4 is 23.1 Å². The predicted molar refractivity (Wildman–Crippen MR) is 158 cm³/mol. The van der Waals surface area contributed by atoms with Crippen molar-refractivity contribution in [2.24, 2.45) is 10.7 Å². The number of hydrogen-bond donors (Lipinski definition) is 1. The number of benzene rings is 5. The highest BCUT2D eigenvalue weighted by Crippen LogP contribution is 2.26. The summed E-state index contributed by atoms with van der Waals surface area (Å²) in [6.07, 6.45) is 2.87. The van der Waals surface area contributed by atoms with Crippen molar-refractivity contribution in [1.29, 1.82) is 0 Å². The number of nitrogens with two attached hydrogens (primary N) is 1. The van der Waals surface area contributed by atoms with E-state index in [1.54, 1.807) is 0 Å². The number of rotatable bonds is 7. The molecule has 180 valence electrons. The maximum atomic E-state index is 6.42. The molecule has 3 heteroatoms. The van der Waals surface area contributed by atoms with Crippen LogP contribution >= 0.6 is 11.6 Å². The second kappa shape index (κ2) is 11.6. The highest BCUT2D eigenvalue weighted by Gasteiger charge is 2.06. The molecule has 0 spiro atoms. The van der Waals surface area contributed by atoms with E-state index in [1.807, 2.05) is 54.6 Å². The lowest BCUT2D eigenvalue weighted by Crippen LogP contribution is -2.13. The summed E-state index contributed by atoms with van der Waals surface area (Å²) >= 11 is 6.17. The van der Waals surface area contributed by atoms with Gasteiger partial charge in [0.1, 0.15) is 5.84 Å². The third-order valence-electron chi connectivity index (χ3n) is 6.24. The third kappa shape index (κ3) is 6.24. The number of allylic oxidation sites excluding steroid dienone is 1. The van der Waals surface area contributed by atoms with Crippen LogP contribution < -0.4 is 5.73 Å². The van der Waals surface area contributed by atoms with E-state index in [0.29, 0.717) is 5.84 Å². The van der Waals surface area contributed by atoms with Crippen molar-refractivity contribution in [1.82, 2.24) is 0 Å². The fourth-order valence-electron chi connectivity index (χ4n) is 4.21. The topological polar surface area (TPSA) is 38.4 Å². The van der Waals surface area contributed by atoms with Crippen LogP contribution in [-0.4, -0.2) is 5.84 Å². The van der Waals surface area contributed by atoms with Crippen LogP contribution in [0.1, 0.15) is 16.7 Å². The molecule has 0 atom stereocenters. The minimum Gasteiger partial charge on any atom is -0.383 e. The van der Waals surface area contributed by atoms with Crippen LogP contribution in [0.4, 0.5) is 0 Å². The van der Waals surface area contributed by atoms with Gasteiger partial charge in [0, 0.05) is 10.6 Å². The first-order valence-electron chi connectivity index (χ1n) is 12.3. The molecule has 0 bridgehead atoms. The molecule has 37 heavy (non-hydrogen) atoms. The summed E-state index contributed by atoms with van der Waals surface area (Å²) in [6.45, 7) is 0. The van der Waals surface area contributed by atoms with E-state index in [4.69, 9.17) is 22.3 Å². The largest absolute Gasteiger partial charge is 0.383 e. The standard InChI is InChI=1S/C34H27ClN2/c35-32-13-7-12-31(24-32)28-17-14-25(15-18-28)16-23-33(37-34(36)30-10-5-2-6-11-30)29-21-19-27(20-22-29)26-8-3-1-4-9-26/h1-15,17-24H,16H2,(H2,36,37)/b33-23-. The average molecular weight is 499 g/mol. The quantitative estimate of drug-likeness (QED) is 0.177. The zero-order chi connectivity index (χ0) is 25.5. The average Bonchev–Trinajstić information content (AvgIpc) is 2.96. The fourth-order valence-corrected chi connectivity index (χ4v) is 4.40. The predicted octanol–water partition coefficient (Wildman–Crippen LogP) is 8.66. The zero-order valence-corrected chi connectivity index (χ0v) is 21.1. The Morgan fingerprint density at radius 1 is 0.595 bits per heavy atom. The first-order valence-corrected chi connectivity index (χ1v) is 12.6. The lowest BCUT2D eigenvalue weighted by Gasteiger charge is -2.09. The molecule has 0 heterocycles. The Kier molecular flexibility index (Phi) is 7.59. The molecule has 0 radical (unpaired) electrons. The zero-order valence-electron chi connectivity index (χ0n) is 20.4. The Labute approximate surface area is 223 Å². The highest BCUT2D eigenvalue weighted by atomic mass is 35.5. The third-order valence-corrected chi connectivity index (χ3v) is 6.48. The maximum Gasteiger partial charge on any atom is 0.131 e. The minimum atomic E-state index is 0.496. The van der Waals surface area contributed by atoms with Crippen molar-refractivity contribution in [2.75, 3.05) is 0 Å². The molecule has 2 N–H and O–H groups in total. The van der Waals surface area contributed by atoms with Crippen molar-refractivity contribution in [3.8, 4) is 22.3 Å². The second-order valence-electron chi connectivity index (χ2n) is 8.81. The van der Waals surface area contributed by atoms with Crippen LogP contribution in [0.3, 0.4) is 0 Å². The first kappa shape index (κ1) is 24.3. The summed E-state index contributed by atoms with van der Waals surface area (Å²) in [5.41, 5.74) is 15.0. The van der Waals surface area contributed by atoms with Crippen molar-refractivity contribution in [3.05, 3.63) is 161 Å². The van der Waals surface area contributed by atoms with Crippen LogP contribution in [0.5, 0.6) is 0 Å². The maximum absolute atomic E-state index is 6.42. The van der Waals surface area contributed by atoms with E-state index in [2.05, 4.69) is 84.9 Å². The Bertz CT molecular complexity index is 1520. The number of hydrogen-bond acceptors (Lipinski definition) is 1. The molecule has 0 aliphatic carbocycles.